The molecular weight excluding hydrogens is 258 g/mol. The normalized spacial score (nSPS) is 11.6. The second-order valence-electron chi connectivity index (χ2n) is 4.56. The molecule has 1 aromatic rings. The van der Waals surface area contributed by atoms with Gasteiger partial charge < -0.3 is 20.1 Å². The zero-order chi connectivity index (χ0) is 15.1. The summed E-state index contributed by atoms with van der Waals surface area (Å²) in [6.45, 7) is 2.17. The summed E-state index contributed by atoms with van der Waals surface area (Å²) < 4.78 is 4.81. The fourth-order valence-corrected chi connectivity index (χ4v) is 1.68. The number of urea groups is 1. The van der Waals surface area contributed by atoms with Gasteiger partial charge >= 0.3 is 6.03 Å². The summed E-state index contributed by atoms with van der Waals surface area (Å²) in [5.41, 5.74) is 1.93. The number of nitriles is 1. The molecule has 0 saturated heterocycles. The number of aliphatic hydroxyl groups is 1. The highest BCUT2D eigenvalue weighted by atomic mass is 16.5. The lowest BCUT2D eigenvalue weighted by Crippen LogP contribution is -2.38. The zero-order valence-electron chi connectivity index (χ0n) is 11.9. The first-order valence-electron chi connectivity index (χ1n) is 6.17. The maximum atomic E-state index is 12.0. The Morgan fingerprint density at radius 2 is 2.30 bits per heavy atom. The van der Waals surface area contributed by atoms with Crippen LogP contribution < -0.4 is 5.32 Å². The molecule has 1 rings (SSSR count). The van der Waals surface area contributed by atoms with Crippen molar-refractivity contribution in [1.29, 1.82) is 5.26 Å². The maximum Gasteiger partial charge on any atom is 0.321 e. The van der Waals surface area contributed by atoms with E-state index in [1.807, 2.05) is 13.0 Å². The van der Waals surface area contributed by atoms with Crippen LogP contribution >= 0.6 is 0 Å². The summed E-state index contributed by atoms with van der Waals surface area (Å²) in [7, 11) is 3.07. The number of hydrogen-bond acceptors (Lipinski definition) is 4. The summed E-state index contributed by atoms with van der Waals surface area (Å²) >= 11 is 0. The molecule has 0 aromatic heterocycles. The Kier molecular flexibility index (Phi) is 5.97. The van der Waals surface area contributed by atoms with Crippen molar-refractivity contribution in [2.45, 2.75) is 13.0 Å². The minimum Gasteiger partial charge on any atom is -0.389 e. The van der Waals surface area contributed by atoms with Gasteiger partial charge in [-0.1, -0.05) is 6.07 Å². The lowest BCUT2D eigenvalue weighted by Gasteiger charge is -2.21. The average molecular weight is 277 g/mol. The topological polar surface area (TPSA) is 85.6 Å². The molecule has 0 aliphatic heterocycles. The van der Waals surface area contributed by atoms with Gasteiger partial charge in [0.15, 0.2) is 0 Å². The molecule has 2 amide bonds. The summed E-state index contributed by atoms with van der Waals surface area (Å²) in [5, 5.41) is 21.2. The third kappa shape index (κ3) is 4.53. The number of amides is 2. The Morgan fingerprint density at radius 3 is 2.90 bits per heavy atom. The SMILES string of the molecule is COCC(O)CN(C)C(=O)Nc1cc(C#N)ccc1C. The quantitative estimate of drug-likeness (QED) is 0.850. The van der Waals surface area contributed by atoms with Crippen molar-refractivity contribution in [1.82, 2.24) is 4.90 Å². The predicted molar refractivity (Wildman–Crippen MR) is 75.4 cm³/mol. The van der Waals surface area contributed by atoms with Crippen LogP contribution in [0, 0.1) is 18.3 Å². The van der Waals surface area contributed by atoms with Crippen molar-refractivity contribution in [3.63, 3.8) is 0 Å². The summed E-state index contributed by atoms with van der Waals surface area (Å²) in [6, 6.07) is 6.76. The number of hydrogen-bond donors (Lipinski definition) is 2. The van der Waals surface area contributed by atoms with Crippen LogP contribution in [-0.2, 0) is 4.74 Å². The number of carbonyl (C=O) groups excluding carboxylic acids is 1. The largest absolute Gasteiger partial charge is 0.389 e. The van der Waals surface area contributed by atoms with Gasteiger partial charge in [-0.3, -0.25) is 0 Å². The molecule has 108 valence electrons. The van der Waals surface area contributed by atoms with Crippen molar-refractivity contribution in [3.8, 4) is 6.07 Å². The van der Waals surface area contributed by atoms with Crippen molar-refractivity contribution >= 4 is 11.7 Å². The van der Waals surface area contributed by atoms with Crippen molar-refractivity contribution in [2.24, 2.45) is 0 Å². The Balaban J connectivity index is 2.68. The van der Waals surface area contributed by atoms with Crippen LogP contribution in [-0.4, -0.2) is 49.5 Å². The van der Waals surface area contributed by atoms with E-state index in [4.69, 9.17) is 10.00 Å². The number of carbonyl (C=O) groups is 1. The summed E-state index contributed by atoms with van der Waals surface area (Å²) in [5.74, 6) is 0. The van der Waals surface area contributed by atoms with E-state index in [9.17, 15) is 9.90 Å². The number of nitrogens with one attached hydrogen (secondary N) is 1. The Hall–Kier alpha value is -2.10. The van der Waals surface area contributed by atoms with E-state index in [1.54, 1.807) is 25.2 Å². The lowest BCUT2D eigenvalue weighted by atomic mass is 10.1. The molecule has 0 heterocycles. The fourth-order valence-electron chi connectivity index (χ4n) is 1.68. The van der Waals surface area contributed by atoms with Crippen LogP contribution in [0.4, 0.5) is 10.5 Å². The molecule has 6 heteroatoms. The smallest absolute Gasteiger partial charge is 0.321 e. The van der Waals surface area contributed by atoms with Crippen LogP contribution in [0.2, 0.25) is 0 Å². The lowest BCUT2D eigenvalue weighted by molar-refractivity contribution is 0.0501. The van der Waals surface area contributed by atoms with Gasteiger partial charge in [-0.2, -0.15) is 5.26 Å². The average Bonchev–Trinajstić information content (AvgIpc) is 2.41. The van der Waals surface area contributed by atoms with Gasteiger partial charge in [0.05, 0.1) is 30.9 Å². The minimum absolute atomic E-state index is 0.163. The van der Waals surface area contributed by atoms with Gasteiger partial charge in [-0.25, -0.2) is 4.79 Å². The number of likely N-dealkylation sites (N-methyl/N-ethyl adjacent to an activating group) is 1. The predicted octanol–water partition coefficient (Wildman–Crippen LogP) is 1.34. The van der Waals surface area contributed by atoms with Gasteiger partial charge in [0.25, 0.3) is 0 Å². The molecule has 0 fully saturated rings. The molecule has 0 spiro atoms. The maximum absolute atomic E-state index is 12.0. The van der Waals surface area contributed by atoms with Crippen LogP contribution in [0.1, 0.15) is 11.1 Å². The Bertz CT molecular complexity index is 511. The molecule has 0 saturated carbocycles. The van der Waals surface area contributed by atoms with Gasteiger partial charge in [0, 0.05) is 19.8 Å². The van der Waals surface area contributed by atoms with E-state index in [-0.39, 0.29) is 19.2 Å². The van der Waals surface area contributed by atoms with Crippen molar-refractivity contribution in [2.75, 3.05) is 32.6 Å². The number of aliphatic hydroxyl groups excluding tert-OH is 1. The van der Waals surface area contributed by atoms with E-state index >= 15 is 0 Å². The number of methoxy groups -OCH3 is 1. The molecule has 1 aromatic carbocycles. The van der Waals surface area contributed by atoms with Crippen LogP contribution in [0.5, 0.6) is 0 Å². The van der Waals surface area contributed by atoms with Crippen LogP contribution in [0.3, 0.4) is 0 Å². The summed E-state index contributed by atoms with van der Waals surface area (Å²) in [4.78, 5) is 13.3. The molecule has 0 aliphatic carbocycles. The van der Waals surface area contributed by atoms with E-state index in [0.717, 1.165) is 5.56 Å². The first-order chi connectivity index (χ1) is 9.47. The van der Waals surface area contributed by atoms with Gasteiger partial charge in [-0.15, -0.1) is 0 Å². The second kappa shape index (κ2) is 7.48. The number of rotatable bonds is 5. The second-order valence-corrected chi connectivity index (χ2v) is 4.56. The number of ether oxygens (including phenoxy) is 1. The molecule has 1 atom stereocenters. The van der Waals surface area contributed by atoms with Crippen LogP contribution in [0.15, 0.2) is 18.2 Å². The molecule has 6 nitrogen and oxygen atoms in total. The van der Waals surface area contributed by atoms with Gasteiger partial charge in [0.1, 0.15) is 0 Å². The highest BCUT2D eigenvalue weighted by Gasteiger charge is 2.14. The molecule has 0 bridgehead atoms. The number of anilines is 1. The van der Waals surface area contributed by atoms with Crippen LogP contribution in [0.25, 0.3) is 0 Å². The third-order valence-corrected chi connectivity index (χ3v) is 2.80. The standard InChI is InChI=1S/C14H19N3O3/c1-10-4-5-11(7-15)6-13(10)16-14(19)17(2)8-12(18)9-20-3/h4-6,12,18H,8-9H2,1-3H3,(H,16,19). The van der Waals surface area contributed by atoms with Crippen molar-refractivity contribution in [3.05, 3.63) is 29.3 Å². The molecule has 0 radical (unpaired) electrons. The molecule has 1 unspecified atom stereocenters. The minimum atomic E-state index is -0.734. The highest BCUT2D eigenvalue weighted by molar-refractivity contribution is 5.90. The highest BCUT2D eigenvalue weighted by Crippen LogP contribution is 2.16. The number of nitrogens with zero attached hydrogens (tertiary/aromatic N) is 2. The van der Waals surface area contributed by atoms with E-state index in [1.165, 1.54) is 12.0 Å². The molecule has 0 aliphatic rings. The molecule has 2 N–H and O–H groups in total. The van der Waals surface area contributed by atoms with E-state index < -0.39 is 6.10 Å². The third-order valence-electron chi connectivity index (χ3n) is 2.80. The van der Waals surface area contributed by atoms with E-state index in [2.05, 4.69) is 5.32 Å². The first kappa shape index (κ1) is 16.0. The van der Waals surface area contributed by atoms with Gasteiger partial charge in [0.2, 0.25) is 0 Å². The Labute approximate surface area is 118 Å². The first-order valence-corrected chi connectivity index (χ1v) is 6.17. The molecular formula is C14H19N3O3. The fraction of sp³-hybridized carbons (Fsp3) is 0.429. The number of benzene rings is 1. The van der Waals surface area contributed by atoms with E-state index in [0.29, 0.717) is 11.3 Å². The van der Waals surface area contributed by atoms with Gasteiger partial charge in [-0.05, 0) is 24.6 Å². The zero-order valence-corrected chi connectivity index (χ0v) is 11.9. The molecule has 20 heavy (non-hydrogen) atoms. The Morgan fingerprint density at radius 1 is 1.60 bits per heavy atom. The monoisotopic (exact) mass is 277 g/mol. The van der Waals surface area contributed by atoms with Crippen molar-refractivity contribution < 1.29 is 14.6 Å². The summed E-state index contributed by atoms with van der Waals surface area (Å²) in [6.07, 6.45) is -0.734. The number of aryl methyl sites for hydroxylation is 1.